The van der Waals surface area contributed by atoms with Gasteiger partial charge in [-0.25, -0.2) is 0 Å². The molecule has 0 spiro atoms. The van der Waals surface area contributed by atoms with Gasteiger partial charge in [-0.15, -0.1) is 0 Å². The van der Waals surface area contributed by atoms with E-state index in [1.165, 1.54) is 122 Å². The van der Waals surface area contributed by atoms with Gasteiger partial charge in [0.15, 0.2) is 0 Å². The van der Waals surface area contributed by atoms with Gasteiger partial charge in [-0.1, -0.05) is 102 Å². The highest BCUT2D eigenvalue weighted by molar-refractivity contribution is 5.19. The van der Waals surface area contributed by atoms with Gasteiger partial charge in [0.05, 0.1) is 0 Å². The number of hydrogen-bond donors (Lipinski definition) is 0. The zero-order valence-corrected chi connectivity index (χ0v) is 16.4. The van der Waals surface area contributed by atoms with E-state index in [-0.39, 0.29) is 0 Å². The highest BCUT2D eigenvalue weighted by atomic mass is 14.2. The summed E-state index contributed by atoms with van der Waals surface area (Å²) in [6, 6.07) is 0. The lowest BCUT2D eigenvalue weighted by molar-refractivity contribution is 0.581. The number of hydrogen-bond acceptors (Lipinski definition) is 0. The third kappa shape index (κ3) is 11.0. The van der Waals surface area contributed by atoms with Crippen molar-refractivity contribution >= 4 is 0 Å². The molecular formula is C23H44. The number of allylic oxidation sites excluding steroid dienone is 2. The normalized spacial score (nSPS) is 14.9. The van der Waals surface area contributed by atoms with Crippen LogP contribution in [0.5, 0.6) is 0 Å². The molecule has 0 amide bonds. The Morgan fingerprint density at radius 1 is 0.478 bits per heavy atom. The van der Waals surface area contributed by atoms with Crippen LogP contribution in [0, 0.1) is 0 Å². The molecule has 1 rings (SSSR count). The van der Waals surface area contributed by atoms with E-state index in [9.17, 15) is 0 Å². The second-order valence-electron chi connectivity index (χ2n) is 7.80. The molecule has 0 unspecified atom stereocenters. The standard InChI is InChI=1S/C23H44/c1-3-5-7-9-11-13-15-18-22-20-17-21-23(22)19-16-14-12-10-8-6-4-2/h3-21H2,1-2H3. The molecular weight excluding hydrogens is 276 g/mol. The van der Waals surface area contributed by atoms with Crippen LogP contribution in [0.3, 0.4) is 0 Å². The average Bonchev–Trinajstić information content (AvgIpc) is 3.00. The first-order valence-electron chi connectivity index (χ1n) is 11.1. The third-order valence-electron chi connectivity index (χ3n) is 5.62. The molecule has 0 bridgehead atoms. The maximum Gasteiger partial charge on any atom is -0.0315 e. The van der Waals surface area contributed by atoms with Crippen molar-refractivity contribution < 1.29 is 0 Å². The molecule has 0 saturated heterocycles. The second-order valence-corrected chi connectivity index (χ2v) is 7.80. The quantitative estimate of drug-likeness (QED) is 0.197. The van der Waals surface area contributed by atoms with Crippen molar-refractivity contribution in [3.05, 3.63) is 11.1 Å². The van der Waals surface area contributed by atoms with Gasteiger partial charge in [0.25, 0.3) is 0 Å². The van der Waals surface area contributed by atoms with E-state index >= 15 is 0 Å². The summed E-state index contributed by atoms with van der Waals surface area (Å²) in [7, 11) is 0. The molecule has 0 aliphatic heterocycles. The van der Waals surface area contributed by atoms with Crippen LogP contribution in [0.2, 0.25) is 0 Å². The fourth-order valence-corrected chi connectivity index (χ4v) is 4.06. The molecule has 0 aromatic carbocycles. The average molecular weight is 321 g/mol. The van der Waals surface area contributed by atoms with Crippen LogP contribution >= 0.6 is 0 Å². The predicted molar refractivity (Wildman–Crippen MR) is 106 cm³/mol. The summed E-state index contributed by atoms with van der Waals surface area (Å²) in [5.74, 6) is 0. The fourth-order valence-electron chi connectivity index (χ4n) is 4.06. The summed E-state index contributed by atoms with van der Waals surface area (Å²) in [4.78, 5) is 0. The van der Waals surface area contributed by atoms with Crippen molar-refractivity contribution in [2.75, 3.05) is 0 Å². The lowest BCUT2D eigenvalue weighted by Gasteiger charge is -2.08. The van der Waals surface area contributed by atoms with Gasteiger partial charge in [0, 0.05) is 0 Å². The number of rotatable bonds is 16. The van der Waals surface area contributed by atoms with Gasteiger partial charge in [0.1, 0.15) is 0 Å². The van der Waals surface area contributed by atoms with E-state index in [1.54, 1.807) is 0 Å². The highest BCUT2D eigenvalue weighted by Crippen LogP contribution is 2.33. The van der Waals surface area contributed by atoms with Crippen molar-refractivity contribution in [1.29, 1.82) is 0 Å². The van der Waals surface area contributed by atoms with Gasteiger partial charge in [0.2, 0.25) is 0 Å². The van der Waals surface area contributed by atoms with Crippen LogP contribution in [0.15, 0.2) is 11.1 Å². The van der Waals surface area contributed by atoms with Crippen LogP contribution in [-0.2, 0) is 0 Å². The molecule has 0 aromatic rings. The lowest BCUT2D eigenvalue weighted by Crippen LogP contribution is -1.88. The van der Waals surface area contributed by atoms with Gasteiger partial charge in [-0.3, -0.25) is 0 Å². The lowest BCUT2D eigenvalue weighted by atomic mass is 9.98. The van der Waals surface area contributed by atoms with Crippen LogP contribution in [0.25, 0.3) is 0 Å². The van der Waals surface area contributed by atoms with Crippen LogP contribution in [0.1, 0.15) is 136 Å². The summed E-state index contributed by atoms with van der Waals surface area (Å²) in [5, 5.41) is 0. The van der Waals surface area contributed by atoms with Gasteiger partial charge in [-0.05, 0) is 44.9 Å². The Labute approximate surface area is 147 Å². The fraction of sp³-hybridized carbons (Fsp3) is 0.913. The molecule has 0 fully saturated rings. The topological polar surface area (TPSA) is 0 Å². The predicted octanol–water partition coefficient (Wildman–Crippen LogP) is 8.75. The molecule has 23 heavy (non-hydrogen) atoms. The Kier molecular flexibility index (Phi) is 13.8. The Bertz CT molecular complexity index is 258. The van der Waals surface area contributed by atoms with Gasteiger partial charge >= 0.3 is 0 Å². The third-order valence-corrected chi connectivity index (χ3v) is 5.62. The van der Waals surface area contributed by atoms with Gasteiger partial charge < -0.3 is 0 Å². The minimum atomic E-state index is 1.37. The van der Waals surface area contributed by atoms with Crippen molar-refractivity contribution in [1.82, 2.24) is 0 Å². The zero-order chi connectivity index (χ0) is 16.6. The maximum atomic E-state index is 2.30. The number of unbranched alkanes of at least 4 members (excludes halogenated alkanes) is 12. The van der Waals surface area contributed by atoms with Gasteiger partial charge in [-0.2, -0.15) is 0 Å². The summed E-state index contributed by atoms with van der Waals surface area (Å²) < 4.78 is 0. The van der Waals surface area contributed by atoms with E-state index < -0.39 is 0 Å². The minimum absolute atomic E-state index is 1.37. The molecule has 136 valence electrons. The maximum absolute atomic E-state index is 2.30. The van der Waals surface area contributed by atoms with E-state index in [1.807, 2.05) is 11.1 Å². The van der Waals surface area contributed by atoms with Crippen molar-refractivity contribution in [2.45, 2.75) is 136 Å². The Balaban J connectivity index is 2.02. The molecule has 0 atom stereocenters. The summed E-state index contributed by atoms with van der Waals surface area (Å²) >= 11 is 0. The Hall–Kier alpha value is -0.260. The molecule has 0 aromatic heterocycles. The summed E-state index contributed by atoms with van der Waals surface area (Å²) in [6.45, 7) is 4.61. The molecule has 0 nitrogen and oxygen atoms in total. The van der Waals surface area contributed by atoms with Crippen LogP contribution in [0.4, 0.5) is 0 Å². The van der Waals surface area contributed by atoms with Crippen molar-refractivity contribution in [2.24, 2.45) is 0 Å². The SMILES string of the molecule is CCCCCCCCCC1=C(CCCCCCCCC)CCC1. The van der Waals surface area contributed by atoms with Crippen LogP contribution in [-0.4, -0.2) is 0 Å². The first-order chi connectivity index (χ1) is 11.4. The summed E-state index contributed by atoms with van der Waals surface area (Å²) in [6.07, 6.45) is 27.5. The van der Waals surface area contributed by atoms with Crippen LogP contribution < -0.4 is 0 Å². The smallest absolute Gasteiger partial charge is 0.0315 e. The molecule has 0 radical (unpaired) electrons. The second kappa shape index (κ2) is 15.3. The summed E-state index contributed by atoms with van der Waals surface area (Å²) in [5.41, 5.74) is 3.76. The molecule has 0 saturated carbocycles. The van der Waals surface area contributed by atoms with Crippen molar-refractivity contribution in [3.63, 3.8) is 0 Å². The molecule has 0 heteroatoms. The first-order valence-corrected chi connectivity index (χ1v) is 11.1. The monoisotopic (exact) mass is 320 g/mol. The van der Waals surface area contributed by atoms with E-state index in [2.05, 4.69) is 13.8 Å². The van der Waals surface area contributed by atoms with Crippen molar-refractivity contribution in [3.8, 4) is 0 Å². The molecule has 1 aliphatic carbocycles. The minimum Gasteiger partial charge on any atom is -0.0710 e. The molecule has 0 heterocycles. The van der Waals surface area contributed by atoms with E-state index in [0.29, 0.717) is 0 Å². The Morgan fingerprint density at radius 2 is 0.826 bits per heavy atom. The molecule has 0 N–H and O–H groups in total. The zero-order valence-electron chi connectivity index (χ0n) is 16.4. The van der Waals surface area contributed by atoms with E-state index in [4.69, 9.17) is 0 Å². The van der Waals surface area contributed by atoms with E-state index in [0.717, 1.165) is 0 Å². The highest BCUT2D eigenvalue weighted by Gasteiger charge is 2.13. The first kappa shape index (κ1) is 20.8. The molecule has 1 aliphatic rings. The Morgan fingerprint density at radius 3 is 1.22 bits per heavy atom. The largest absolute Gasteiger partial charge is 0.0710 e.